The largest absolute Gasteiger partial charge is 0.0882 e. The summed E-state index contributed by atoms with van der Waals surface area (Å²) in [6, 6.07) is 10.7. The first-order chi connectivity index (χ1) is 11.9. The molecule has 136 valence electrons. The first-order valence-corrected chi connectivity index (χ1v) is 10.6. The molecule has 0 heteroatoms. The zero-order valence-electron chi connectivity index (χ0n) is 16.1. The molecule has 0 heterocycles. The van der Waals surface area contributed by atoms with Crippen molar-refractivity contribution in [3.63, 3.8) is 0 Å². The van der Waals surface area contributed by atoms with Gasteiger partial charge in [-0.2, -0.15) is 0 Å². The zero-order chi connectivity index (χ0) is 17.1. The molecule has 0 fully saturated rings. The van der Waals surface area contributed by atoms with E-state index in [9.17, 15) is 0 Å². The molecule has 0 saturated heterocycles. The summed E-state index contributed by atoms with van der Waals surface area (Å²) in [6.07, 6.45) is 25.7. The fourth-order valence-electron chi connectivity index (χ4n) is 3.23. The quantitative estimate of drug-likeness (QED) is 0.211. The van der Waals surface area contributed by atoms with Crippen molar-refractivity contribution in [3.05, 3.63) is 48.0 Å². The Balaban J connectivity index is 1.76. The summed E-state index contributed by atoms with van der Waals surface area (Å²) in [5.74, 6) is 0. The van der Waals surface area contributed by atoms with E-state index in [0.29, 0.717) is 0 Å². The molecule has 0 aromatic heterocycles. The molecule has 0 bridgehead atoms. The maximum Gasteiger partial charge on any atom is -0.00975 e. The standard InChI is InChI=1S/C24H40/c1-2-3-4-5-6-7-8-9-10-11-12-13-14-15-16-18-21-24-22-19-17-20-23-24/h16-20,22-23H,2-15,21H2,1H3. The van der Waals surface area contributed by atoms with Gasteiger partial charge in [0.15, 0.2) is 0 Å². The van der Waals surface area contributed by atoms with Gasteiger partial charge in [0.05, 0.1) is 0 Å². The van der Waals surface area contributed by atoms with E-state index in [-0.39, 0.29) is 0 Å². The summed E-state index contributed by atoms with van der Waals surface area (Å²) in [6.45, 7) is 2.29. The Morgan fingerprint density at radius 3 is 1.62 bits per heavy atom. The minimum absolute atomic E-state index is 1.08. The predicted octanol–water partition coefficient (Wildman–Crippen LogP) is 8.27. The normalized spacial score (nSPS) is 11.4. The van der Waals surface area contributed by atoms with Gasteiger partial charge in [0.1, 0.15) is 0 Å². The SMILES string of the molecule is CCCCCCCCCCCCCCCC=CCc1ccccc1. The number of allylic oxidation sites excluding steroid dienone is 2. The van der Waals surface area contributed by atoms with Crippen LogP contribution in [0.5, 0.6) is 0 Å². The van der Waals surface area contributed by atoms with Crippen LogP contribution < -0.4 is 0 Å². The van der Waals surface area contributed by atoms with E-state index < -0.39 is 0 Å². The summed E-state index contributed by atoms with van der Waals surface area (Å²) in [5.41, 5.74) is 1.42. The van der Waals surface area contributed by atoms with Crippen molar-refractivity contribution in [1.29, 1.82) is 0 Å². The average Bonchev–Trinajstić information content (AvgIpc) is 2.62. The third-order valence-electron chi connectivity index (χ3n) is 4.84. The van der Waals surface area contributed by atoms with Crippen molar-refractivity contribution < 1.29 is 0 Å². The summed E-state index contributed by atoms with van der Waals surface area (Å²) < 4.78 is 0. The molecular formula is C24H40. The second kappa shape index (κ2) is 16.8. The third kappa shape index (κ3) is 13.4. The molecule has 0 spiro atoms. The molecule has 0 aliphatic carbocycles. The molecule has 0 amide bonds. The Bertz CT molecular complexity index is 376. The fourth-order valence-corrected chi connectivity index (χ4v) is 3.23. The van der Waals surface area contributed by atoms with Crippen molar-refractivity contribution in [2.45, 2.75) is 103 Å². The lowest BCUT2D eigenvalue weighted by Gasteiger charge is -2.02. The maximum atomic E-state index is 2.37. The predicted molar refractivity (Wildman–Crippen MR) is 110 cm³/mol. The molecule has 1 rings (SSSR count). The van der Waals surface area contributed by atoms with Gasteiger partial charge in [0.2, 0.25) is 0 Å². The van der Waals surface area contributed by atoms with Gasteiger partial charge in [-0.3, -0.25) is 0 Å². The van der Waals surface area contributed by atoms with Crippen LogP contribution in [0.3, 0.4) is 0 Å². The van der Waals surface area contributed by atoms with Crippen molar-refractivity contribution in [2.24, 2.45) is 0 Å². The Hall–Kier alpha value is -1.04. The zero-order valence-corrected chi connectivity index (χ0v) is 16.1. The molecule has 0 nitrogen and oxygen atoms in total. The highest BCUT2D eigenvalue weighted by Crippen LogP contribution is 2.13. The topological polar surface area (TPSA) is 0 Å². The number of hydrogen-bond donors (Lipinski definition) is 0. The van der Waals surface area contributed by atoms with Gasteiger partial charge < -0.3 is 0 Å². The highest BCUT2D eigenvalue weighted by molar-refractivity contribution is 5.17. The van der Waals surface area contributed by atoms with Crippen LogP contribution in [-0.4, -0.2) is 0 Å². The molecular weight excluding hydrogens is 288 g/mol. The van der Waals surface area contributed by atoms with Gasteiger partial charge in [-0.25, -0.2) is 0 Å². The Morgan fingerprint density at radius 2 is 1.08 bits per heavy atom. The summed E-state index contributed by atoms with van der Waals surface area (Å²) in [4.78, 5) is 0. The van der Waals surface area contributed by atoms with Crippen LogP contribution in [-0.2, 0) is 6.42 Å². The van der Waals surface area contributed by atoms with Gasteiger partial charge in [-0.1, -0.05) is 126 Å². The van der Waals surface area contributed by atoms with Crippen molar-refractivity contribution in [1.82, 2.24) is 0 Å². The first-order valence-electron chi connectivity index (χ1n) is 10.6. The van der Waals surface area contributed by atoms with Crippen molar-refractivity contribution in [2.75, 3.05) is 0 Å². The van der Waals surface area contributed by atoms with Crippen LogP contribution in [0.2, 0.25) is 0 Å². The van der Waals surface area contributed by atoms with E-state index in [1.165, 1.54) is 95.5 Å². The lowest BCUT2D eigenvalue weighted by molar-refractivity contribution is 0.540. The van der Waals surface area contributed by atoms with Gasteiger partial charge in [-0.05, 0) is 24.8 Å². The molecule has 0 aliphatic rings. The highest BCUT2D eigenvalue weighted by atomic mass is 14.0. The van der Waals surface area contributed by atoms with E-state index in [1.807, 2.05) is 0 Å². The second-order valence-corrected chi connectivity index (χ2v) is 7.19. The highest BCUT2D eigenvalue weighted by Gasteiger charge is 1.93. The van der Waals surface area contributed by atoms with Crippen molar-refractivity contribution in [3.8, 4) is 0 Å². The van der Waals surface area contributed by atoms with E-state index in [2.05, 4.69) is 49.4 Å². The van der Waals surface area contributed by atoms with Crippen LogP contribution in [0.25, 0.3) is 0 Å². The minimum Gasteiger partial charge on any atom is -0.0882 e. The average molecular weight is 329 g/mol. The molecule has 1 aromatic carbocycles. The van der Waals surface area contributed by atoms with Crippen LogP contribution in [0.15, 0.2) is 42.5 Å². The van der Waals surface area contributed by atoms with Crippen LogP contribution >= 0.6 is 0 Å². The maximum absolute atomic E-state index is 2.37. The van der Waals surface area contributed by atoms with Gasteiger partial charge in [-0.15, -0.1) is 0 Å². The van der Waals surface area contributed by atoms with Crippen LogP contribution in [0.4, 0.5) is 0 Å². The molecule has 1 aromatic rings. The molecule has 0 saturated carbocycles. The minimum atomic E-state index is 1.08. The number of benzene rings is 1. The molecule has 0 unspecified atom stereocenters. The van der Waals surface area contributed by atoms with Gasteiger partial charge in [0.25, 0.3) is 0 Å². The number of rotatable bonds is 16. The smallest absolute Gasteiger partial charge is 0.00975 e. The Morgan fingerprint density at radius 1 is 0.583 bits per heavy atom. The molecule has 0 N–H and O–H groups in total. The van der Waals surface area contributed by atoms with Crippen LogP contribution in [0.1, 0.15) is 102 Å². The number of hydrogen-bond acceptors (Lipinski definition) is 0. The summed E-state index contributed by atoms with van der Waals surface area (Å²) in [7, 11) is 0. The molecule has 0 aliphatic heterocycles. The summed E-state index contributed by atoms with van der Waals surface area (Å²) in [5, 5.41) is 0. The second-order valence-electron chi connectivity index (χ2n) is 7.19. The molecule has 24 heavy (non-hydrogen) atoms. The first kappa shape index (κ1) is 21.0. The lowest BCUT2D eigenvalue weighted by Crippen LogP contribution is -1.83. The molecule has 0 atom stereocenters. The monoisotopic (exact) mass is 328 g/mol. The van der Waals surface area contributed by atoms with E-state index >= 15 is 0 Å². The van der Waals surface area contributed by atoms with Gasteiger partial charge >= 0.3 is 0 Å². The van der Waals surface area contributed by atoms with E-state index in [0.717, 1.165) is 6.42 Å². The van der Waals surface area contributed by atoms with Crippen molar-refractivity contribution >= 4 is 0 Å². The summed E-state index contributed by atoms with van der Waals surface area (Å²) >= 11 is 0. The van der Waals surface area contributed by atoms with Gasteiger partial charge in [0, 0.05) is 0 Å². The lowest BCUT2D eigenvalue weighted by atomic mass is 10.0. The van der Waals surface area contributed by atoms with E-state index in [1.54, 1.807) is 0 Å². The third-order valence-corrected chi connectivity index (χ3v) is 4.84. The fraction of sp³-hybridized carbons (Fsp3) is 0.667. The Labute approximate surface area is 151 Å². The number of unbranched alkanes of at least 4 members (excludes halogenated alkanes) is 13. The Kier molecular flexibility index (Phi) is 14.7. The van der Waals surface area contributed by atoms with E-state index in [4.69, 9.17) is 0 Å². The van der Waals surface area contributed by atoms with Crippen LogP contribution in [0, 0.1) is 0 Å². The molecule has 0 radical (unpaired) electrons.